The van der Waals surface area contributed by atoms with Crippen LogP contribution in [0.3, 0.4) is 0 Å². The Balaban J connectivity index is 2.38. The fourth-order valence-electron chi connectivity index (χ4n) is 3.19. The standard InChI is InChI=1S/C21H7F15N2O2/c22-4-1-7(37)13(25)16(10(4)19(28,29)30)39-9-3-6(24)12(21(34,35)36)18(15(9)27)40-17-11(20(31,32)33)5(23)2-8(38)14(17)26/h1-3H,37-38H2. The van der Waals surface area contributed by atoms with Crippen LogP contribution in [-0.4, -0.2) is 0 Å². The normalized spacial score (nSPS) is 12.6. The summed E-state index contributed by atoms with van der Waals surface area (Å²) in [4.78, 5) is 0. The summed E-state index contributed by atoms with van der Waals surface area (Å²) in [6.45, 7) is 0. The molecule has 3 aromatic rings. The number of nitrogens with two attached hydrogens (primary N) is 2. The third-order valence-electron chi connectivity index (χ3n) is 4.81. The molecule has 0 saturated carbocycles. The summed E-state index contributed by atoms with van der Waals surface area (Å²) in [6, 6.07) is -1.15. The molecule has 40 heavy (non-hydrogen) atoms. The zero-order chi connectivity index (χ0) is 30.7. The number of hydrogen-bond donors (Lipinski definition) is 2. The Morgan fingerprint density at radius 3 is 1.10 bits per heavy atom. The van der Waals surface area contributed by atoms with Crippen molar-refractivity contribution in [3.05, 3.63) is 69.8 Å². The highest BCUT2D eigenvalue weighted by Gasteiger charge is 2.46. The highest BCUT2D eigenvalue weighted by molar-refractivity contribution is 5.57. The predicted octanol–water partition coefficient (Wildman–Crippen LogP) is 8.33. The number of anilines is 2. The lowest BCUT2D eigenvalue weighted by Crippen LogP contribution is -2.17. The molecule has 4 nitrogen and oxygen atoms in total. The lowest BCUT2D eigenvalue weighted by molar-refractivity contribution is -0.143. The van der Waals surface area contributed by atoms with E-state index in [-0.39, 0.29) is 12.1 Å². The average molecular weight is 604 g/mol. The van der Waals surface area contributed by atoms with E-state index in [2.05, 4.69) is 9.47 Å². The second-order valence-corrected chi connectivity index (χ2v) is 7.50. The number of benzene rings is 3. The highest BCUT2D eigenvalue weighted by atomic mass is 19.4. The number of alkyl halides is 9. The molecule has 3 rings (SSSR count). The van der Waals surface area contributed by atoms with Crippen LogP contribution in [0.4, 0.5) is 77.2 Å². The van der Waals surface area contributed by atoms with Crippen molar-refractivity contribution in [2.75, 3.05) is 11.5 Å². The van der Waals surface area contributed by atoms with E-state index in [9.17, 15) is 61.5 Å². The first-order chi connectivity index (χ1) is 18.1. The summed E-state index contributed by atoms with van der Waals surface area (Å²) in [5, 5.41) is 0. The van der Waals surface area contributed by atoms with Gasteiger partial charge in [0.1, 0.15) is 34.1 Å². The van der Waals surface area contributed by atoms with E-state index in [0.717, 1.165) is 0 Å². The van der Waals surface area contributed by atoms with Crippen LogP contribution in [0.5, 0.6) is 23.0 Å². The maximum absolute atomic E-state index is 15.2. The molecule has 3 aromatic carbocycles. The van der Waals surface area contributed by atoms with Crippen molar-refractivity contribution in [3.8, 4) is 23.0 Å². The first-order valence-corrected chi connectivity index (χ1v) is 9.71. The van der Waals surface area contributed by atoms with Gasteiger partial charge in [0.05, 0.1) is 11.4 Å². The molecule has 4 N–H and O–H groups in total. The molecule has 0 aliphatic carbocycles. The monoisotopic (exact) mass is 604 g/mol. The third kappa shape index (κ3) is 5.44. The van der Waals surface area contributed by atoms with Crippen LogP contribution in [0, 0.1) is 34.9 Å². The topological polar surface area (TPSA) is 70.5 Å². The maximum Gasteiger partial charge on any atom is 0.422 e. The molecule has 0 radical (unpaired) electrons. The van der Waals surface area contributed by atoms with Gasteiger partial charge in [0.25, 0.3) is 0 Å². The minimum Gasteiger partial charge on any atom is -0.450 e. The molecule has 0 aromatic heterocycles. The fraction of sp³-hybridized carbons (Fsp3) is 0.143. The Morgan fingerprint density at radius 1 is 0.450 bits per heavy atom. The molecular formula is C21H7F15N2O2. The summed E-state index contributed by atoms with van der Waals surface area (Å²) >= 11 is 0. The van der Waals surface area contributed by atoms with E-state index >= 15 is 4.39 Å². The van der Waals surface area contributed by atoms with Gasteiger partial charge in [-0.3, -0.25) is 0 Å². The second-order valence-electron chi connectivity index (χ2n) is 7.50. The van der Waals surface area contributed by atoms with Crippen molar-refractivity contribution < 1.29 is 75.3 Å². The molecule has 0 aliphatic heterocycles. The van der Waals surface area contributed by atoms with Gasteiger partial charge in [0, 0.05) is 18.2 Å². The van der Waals surface area contributed by atoms with Gasteiger partial charge in [0.2, 0.25) is 5.82 Å². The molecule has 0 saturated heterocycles. The molecule has 0 spiro atoms. The Bertz CT molecular complexity index is 1490. The van der Waals surface area contributed by atoms with Crippen LogP contribution in [0.2, 0.25) is 0 Å². The van der Waals surface area contributed by atoms with Crippen LogP contribution in [0.25, 0.3) is 0 Å². The predicted molar refractivity (Wildman–Crippen MR) is 103 cm³/mol. The van der Waals surface area contributed by atoms with Crippen LogP contribution >= 0.6 is 0 Å². The zero-order valence-corrected chi connectivity index (χ0v) is 18.4. The fourth-order valence-corrected chi connectivity index (χ4v) is 3.19. The average Bonchev–Trinajstić information content (AvgIpc) is 2.75. The molecule has 0 bridgehead atoms. The molecule has 0 amide bonds. The first kappa shape index (κ1) is 30.4. The number of ether oxygens (including phenoxy) is 2. The van der Waals surface area contributed by atoms with Crippen molar-refractivity contribution in [3.63, 3.8) is 0 Å². The van der Waals surface area contributed by atoms with Crippen molar-refractivity contribution in [1.29, 1.82) is 0 Å². The van der Waals surface area contributed by atoms with Gasteiger partial charge >= 0.3 is 18.5 Å². The molecule has 19 heteroatoms. The van der Waals surface area contributed by atoms with Crippen LogP contribution in [0.1, 0.15) is 16.7 Å². The number of nitrogen functional groups attached to an aromatic ring is 2. The van der Waals surface area contributed by atoms with Crippen molar-refractivity contribution in [2.24, 2.45) is 0 Å². The first-order valence-electron chi connectivity index (χ1n) is 9.71. The smallest absolute Gasteiger partial charge is 0.422 e. The van der Waals surface area contributed by atoms with E-state index in [1.54, 1.807) is 0 Å². The van der Waals surface area contributed by atoms with Gasteiger partial charge in [-0.25, -0.2) is 22.0 Å². The molecule has 0 aliphatic rings. The van der Waals surface area contributed by atoms with E-state index in [4.69, 9.17) is 11.5 Å². The van der Waals surface area contributed by atoms with Gasteiger partial charge < -0.3 is 20.9 Å². The lowest BCUT2D eigenvalue weighted by atomic mass is 10.1. The van der Waals surface area contributed by atoms with Crippen molar-refractivity contribution >= 4 is 11.4 Å². The highest BCUT2D eigenvalue weighted by Crippen LogP contribution is 2.50. The zero-order valence-electron chi connectivity index (χ0n) is 18.4. The van der Waals surface area contributed by atoms with E-state index < -0.39 is 111 Å². The summed E-state index contributed by atoms with van der Waals surface area (Å²) in [6.07, 6.45) is -17.9. The van der Waals surface area contributed by atoms with Crippen LogP contribution in [-0.2, 0) is 18.5 Å². The minimum atomic E-state index is -6.09. The maximum atomic E-state index is 15.2. The number of rotatable bonds is 4. The SMILES string of the molecule is Nc1cc(F)c(C(F)(F)F)c(Oc2cc(F)c(C(F)(F)F)c(Oc3c(F)c(N)cc(F)c3C(F)(F)F)c2F)c1F. The Labute approximate surface area is 210 Å². The molecule has 0 fully saturated rings. The van der Waals surface area contributed by atoms with Gasteiger partial charge in [-0.15, -0.1) is 0 Å². The van der Waals surface area contributed by atoms with Gasteiger partial charge in [-0.1, -0.05) is 0 Å². The summed E-state index contributed by atoms with van der Waals surface area (Å²) in [5.74, 6) is -24.9. The van der Waals surface area contributed by atoms with Crippen molar-refractivity contribution in [2.45, 2.75) is 18.5 Å². The molecule has 0 atom stereocenters. The van der Waals surface area contributed by atoms with Crippen molar-refractivity contribution in [1.82, 2.24) is 0 Å². The minimum absolute atomic E-state index is 0.209. The quantitative estimate of drug-likeness (QED) is 0.232. The number of hydrogen-bond acceptors (Lipinski definition) is 4. The van der Waals surface area contributed by atoms with Crippen LogP contribution < -0.4 is 20.9 Å². The third-order valence-corrected chi connectivity index (χ3v) is 4.81. The lowest BCUT2D eigenvalue weighted by Gasteiger charge is -2.21. The second kappa shape index (κ2) is 9.77. The summed E-state index contributed by atoms with van der Waals surface area (Å²) in [5.41, 5.74) is -1.39. The molecular weight excluding hydrogens is 597 g/mol. The van der Waals surface area contributed by atoms with E-state index in [1.165, 1.54) is 0 Å². The summed E-state index contributed by atoms with van der Waals surface area (Å²) < 4.78 is 215. The van der Waals surface area contributed by atoms with Crippen LogP contribution in [0.15, 0.2) is 18.2 Å². The molecule has 0 unspecified atom stereocenters. The molecule has 218 valence electrons. The van der Waals surface area contributed by atoms with Gasteiger partial charge in [-0.05, 0) is 0 Å². The Hall–Kier alpha value is -4.19. The van der Waals surface area contributed by atoms with Gasteiger partial charge in [-0.2, -0.15) is 43.9 Å². The molecule has 0 heterocycles. The van der Waals surface area contributed by atoms with Gasteiger partial charge in [0.15, 0.2) is 34.6 Å². The Kier molecular flexibility index (Phi) is 7.42. The summed E-state index contributed by atoms with van der Waals surface area (Å²) in [7, 11) is 0. The number of halogens is 15. The van der Waals surface area contributed by atoms with E-state index in [1.807, 2.05) is 0 Å². The Morgan fingerprint density at radius 2 is 0.750 bits per heavy atom. The van der Waals surface area contributed by atoms with E-state index in [0.29, 0.717) is 0 Å². The largest absolute Gasteiger partial charge is 0.450 e.